The van der Waals surface area contributed by atoms with Gasteiger partial charge in [-0.15, -0.1) is 0 Å². The van der Waals surface area contributed by atoms with Gasteiger partial charge in [0.1, 0.15) is 0 Å². The van der Waals surface area contributed by atoms with E-state index in [9.17, 15) is 15.3 Å². The first-order chi connectivity index (χ1) is 7.79. The summed E-state index contributed by atoms with van der Waals surface area (Å²) in [6, 6.07) is 0. The Bertz CT molecular complexity index is 327. The molecule has 3 N–H and O–H groups in total. The Labute approximate surface area is 102 Å². The molecular weight excluding hydrogens is 220 g/mol. The number of aliphatic hydroxyl groups is 3. The fourth-order valence-electron chi connectivity index (χ4n) is 3.31. The molecule has 2 aliphatic rings. The molecule has 2 fully saturated rings. The van der Waals surface area contributed by atoms with Gasteiger partial charge in [-0.1, -0.05) is 19.1 Å². The Kier molecular flexibility index (Phi) is 3.11. The molecule has 1 unspecified atom stereocenters. The summed E-state index contributed by atoms with van der Waals surface area (Å²) in [7, 11) is 0. The van der Waals surface area contributed by atoms with Crippen LogP contribution in [0.3, 0.4) is 0 Å². The zero-order chi connectivity index (χ0) is 12.8. The van der Waals surface area contributed by atoms with Gasteiger partial charge in [-0.2, -0.15) is 0 Å². The molecule has 98 valence electrons. The molecule has 0 aromatic rings. The van der Waals surface area contributed by atoms with Gasteiger partial charge in [-0.25, -0.2) is 0 Å². The molecule has 4 heteroatoms. The van der Waals surface area contributed by atoms with Crippen molar-refractivity contribution in [3.63, 3.8) is 0 Å². The number of hydrogen-bond donors (Lipinski definition) is 3. The van der Waals surface area contributed by atoms with Crippen molar-refractivity contribution in [3.8, 4) is 0 Å². The fraction of sp³-hybridized carbons (Fsp3) is 0.846. The van der Waals surface area contributed by atoms with Gasteiger partial charge in [-0.3, -0.25) is 0 Å². The number of aliphatic hydroxyl groups excluding tert-OH is 3. The molecule has 0 aromatic carbocycles. The predicted octanol–water partition coefficient (Wildman–Crippen LogP) is 0.460. The molecule has 17 heavy (non-hydrogen) atoms. The van der Waals surface area contributed by atoms with Gasteiger partial charge < -0.3 is 20.1 Å². The molecule has 1 aliphatic carbocycles. The topological polar surface area (TPSA) is 69.9 Å². The van der Waals surface area contributed by atoms with Crippen LogP contribution in [-0.2, 0) is 4.74 Å². The number of hydrogen-bond acceptors (Lipinski definition) is 4. The maximum atomic E-state index is 10.1. The first-order valence-corrected chi connectivity index (χ1v) is 6.16. The van der Waals surface area contributed by atoms with E-state index in [4.69, 9.17) is 4.74 Å². The molecule has 2 bridgehead atoms. The molecule has 1 heterocycles. The Balaban J connectivity index is 2.31. The molecule has 0 amide bonds. The van der Waals surface area contributed by atoms with Gasteiger partial charge in [-0.05, 0) is 13.8 Å². The summed E-state index contributed by atoms with van der Waals surface area (Å²) in [6.45, 7) is 6.03. The second-order valence-corrected chi connectivity index (χ2v) is 5.93. The van der Waals surface area contributed by atoms with Crippen LogP contribution in [0.25, 0.3) is 0 Å². The van der Waals surface area contributed by atoms with Crippen LogP contribution in [0.1, 0.15) is 27.2 Å². The molecule has 1 aliphatic heterocycles. The Hall–Kier alpha value is -0.420. The van der Waals surface area contributed by atoms with Gasteiger partial charge >= 0.3 is 0 Å². The van der Waals surface area contributed by atoms with Gasteiger partial charge in [0.25, 0.3) is 0 Å². The van der Waals surface area contributed by atoms with Crippen molar-refractivity contribution in [1.29, 1.82) is 0 Å². The predicted molar refractivity (Wildman–Crippen MR) is 63.4 cm³/mol. The zero-order valence-electron chi connectivity index (χ0n) is 10.6. The molecule has 0 aromatic heterocycles. The monoisotopic (exact) mass is 242 g/mol. The van der Waals surface area contributed by atoms with Crippen molar-refractivity contribution >= 4 is 0 Å². The summed E-state index contributed by atoms with van der Waals surface area (Å²) in [4.78, 5) is 0. The Morgan fingerprint density at radius 3 is 2.59 bits per heavy atom. The highest BCUT2D eigenvalue weighted by Gasteiger charge is 2.61. The standard InChI is InChI=1S/C13H22O4/c1-8(14)4-5-10-12(2)7-17-13(10,3)6-9(15)11(12)16/h4-5,8-11,14-16H,6-7H2,1-3H3/b5-4+/t8-,9-,10?,11+,12-,13-/m1/s1. The second-order valence-electron chi connectivity index (χ2n) is 5.93. The number of ether oxygens (including phenoxy) is 1. The van der Waals surface area contributed by atoms with E-state index >= 15 is 0 Å². The van der Waals surface area contributed by atoms with E-state index in [1.165, 1.54) is 0 Å². The first kappa shape index (κ1) is 13.0. The van der Waals surface area contributed by atoms with Crippen molar-refractivity contribution in [3.05, 3.63) is 12.2 Å². The molecule has 4 nitrogen and oxygen atoms in total. The molecule has 0 spiro atoms. The lowest BCUT2D eigenvalue weighted by Gasteiger charge is -2.46. The maximum absolute atomic E-state index is 10.1. The quantitative estimate of drug-likeness (QED) is 0.615. The normalized spacial score (nSPS) is 52.0. The first-order valence-electron chi connectivity index (χ1n) is 6.16. The van der Waals surface area contributed by atoms with Crippen molar-refractivity contribution in [1.82, 2.24) is 0 Å². The largest absolute Gasteiger partial charge is 0.390 e. The van der Waals surface area contributed by atoms with Crippen LogP contribution in [0.15, 0.2) is 12.2 Å². The summed E-state index contributed by atoms with van der Waals surface area (Å²) in [6.07, 6.45) is 2.06. The number of fused-ring (bicyclic) bond motifs is 2. The van der Waals surface area contributed by atoms with E-state index in [0.717, 1.165) is 0 Å². The summed E-state index contributed by atoms with van der Waals surface area (Å²) >= 11 is 0. The van der Waals surface area contributed by atoms with E-state index in [-0.39, 0.29) is 5.92 Å². The van der Waals surface area contributed by atoms with E-state index in [1.54, 1.807) is 13.0 Å². The van der Waals surface area contributed by atoms with Gasteiger partial charge in [0.15, 0.2) is 0 Å². The summed E-state index contributed by atoms with van der Waals surface area (Å²) in [5.41, 5.74) is -0.920. The van der Waals surface area contributed by atoms with E-state index < -0.39 is 29.3 Å². The van der Waals surface area contributed by atoms with Crippen LogP contribution in [0.4, 0.5) is 0 Å². The van der Waals surface area contributed by atoms with Gasteiger partial charge in [0.2, 0.25) is 0 Å². The van der Waals surface area contributed by atoms with Gasteiger partial charge in [0, 0.05) is 17.8 Å². The van der Waals surface area contributed by atoms with E-state index in [2.05, 4.69) is 0 Å². The third-order valence-electron chi connectivity index (χ3n) is 4.32. The lowest BCUT2D eigenvalue weighted by molar-refractivity contribution is -0.113. The second kappa shape index (κ2) is 4.05. The van der Waals surface area contributed by atoms with Crippen LogP contribution in [-0.4, -0.2) is 45.8 Å². The van der Waals surface area contributed by atoms with Crippen molar-refractivity contribution < 1.29 is 20.1 Å². The average Bonchev–Trinajstić information content (AvgIpc) is 2.43. The molecular formula is C13H22O4. The third kappa shape index (κ3) is 1.93. The summed E-state index contributed by atoms with van der Waals surface area (Å²) in [5.74, 6) is 0.0167. The third-order valence-corrected chi connectivity index (χ3v) is 4.32. The van der Waals surface area contributed by atoms with Crippen LogP contribution in [0.5, 0.6) is 0 Å². The van der Waals surface area contributed by atoms with E-state index in [1.807, 2.05) is 19.9 Å². The molecule has 2 rings (SSSR count). The summed E-state index contributed by atoms with van der Waals surface area (Å²) < 4.78 is 5.80. The lowest BCUT2D eigenvalue weighted by atomic mass is 9.61. The minimum atomic E-state index is -0.776. The SMILES string of the molecule is C[C@@H](O)/C=C/C1[C@@]2(C)C[C@@H](O)[C@H](O)[C@]1(C)CO2. The van der Waals surface area contributed by atoms with Crippen molar-refractivity contribution in [2.75, 3.05) is 6.61 Å². The van der Waals surface area contributed by atoms with Crippen LogP contribution >= 0.6 is 0 Å². The minimum Gasteiger partial charge on any atom is -0.390 e. The molecule has 1 saturated carbocycles. The van der Waals surface area contributed by atoms with E-state index in [0.29, 0.717) is 13.0 Å². The highest BCUT2D eigenvalue weighted by atomic mass is 16.5. The lowest BCUT2D eigenvalue weighted by Crippen LogP contribution is -2.55. The van der Waals surface area contributed by atoms with Crippen LogP contribution in [0, 0.1) is 11.3 Å². The van der Waals surface area contributed by atoms with Crippen LogP contribution in [0.2, 0.25) is 0 Å². The highest BCUT2D eigenvalue weighted by Crippen LogP contribution is 2.54. The van der Waals surface area contributed by atoms with Gasteiger partial charge in [0.05, 0.1) is 30.5 Å². The maximum Gasteiger partial charge on any atom is 0.0882 e. The molecule has 1 saturated heterocycles. The number of rotatable bonds is 2. The smallest absolute Gasteiger partial charge is 0.0882 e. The highest BCUT2D eigenvalue weighted by molar-refractivity contribution is 5.17. The Morgan fingerprint density at radius 2 is 2.00 bits per heavy atom. The minimum absolute atomic E-state index is 0.0167. The van der Waals surface area contributed by atoms with Crippen LogP contribution < -0.4 is 0 Å². The Morgan fingerprint density at radius 1 is 1.35 bits per heavy atom. The fourth-order valence-corrected chi connectivity index (χ4v) is 3.31. The molecule has 6 atom stereocenters. The van der Waals surface area contributed by atoms with Crippen molar-refractivity contribution in [2.24, 2.45) is 11.3 Å². The average molecular weight is 242 g/mol. The van der Waals surface area contributed by atoms with Crippen molar-refractivity contribution in [2.45, 2.75) is 51.1 Å². The molecule has 0 radical (unpaired) electrons. The summed E-state index contributed by atoms with van der Waals surface area (Å²) in [5, 5.41) is 29.3. The zero-order valence-corrected chi connectivity index (χ0v) is 10.6.